The van der Waals surface area contributed by atoms with Gasteiger partial charge in [-0.05, 0) is 48.4 Å². The Morgan fingerprint density at radius 1 is 1.08 bits per heavy atom. The summed E-state index contributed by atoms with van der Waals surface area (Å²) in [6, 6.07) is 16.0. The van der Waals surface area contributed by atoms with Gasteiger partial charge >= 0.3 is 0 Å². The fourth-order valence-corrected chi connectivity index (χ4v) is 4.79. The second-order valence-corrected chi connectivity index (χ2v) is 9.69. The molecule has 3 heterocycles. The molecule has 2 fully saturated rings. The van der Waals surface area contributed by atoms with E-state index in [4.69, 9.17) is 25.8 Å². The molecular weight excluding hydrogens is 480 g/mol. The monoisotopic (exact) mass is 510 g/mol. The molecule has 190 valence electrons. The number of aromatic nitrogens is 2. The number of carbonyl (C=O) groups is 1. The number of halogens is 1. The van der Waals surface area contributed by atoms with E-state index in [1.165, 1.54) is 5.56 Å². The number of benzene rings is 2. The molecule has 0 N–H and O–H groups in total. The van der Waals surface area contributed by atoms with Gasteiger partial charge in [0.2, 0.25) is 6.41 Å². The van der Waals surface area contributed by atoms with E-state index in [0.717, 1.165) is 55.5 Å². The number of imidazole rings is 1. The maximum Gasteiger partial charge on any atom is 0.209 e. The first-order chi connectivity index (χ1) is 17.6. The Kier molecular flexibility index (Phi) is 7.75. The SMILES string of the molecule is O=CN1CCN(c2ccc(OCC3COC(CCc4ccc(Cl)cc4)(Cn4ccnc4)O3)cc2)CC1. The number of hydrogen-bond acceptors (Lipinski definition) is 6. The van der Waals surface area contributed by atoms with Gasteiger partial charge < -0.3 is 28.6 Å². The van der Waals surface area contributed by atoms with Gasteiger partial charge in [-0.15, -0.1) is 0 Å². The van der Waals surface area contributed by atoms with Gasteiger partial charge in [-0.3, -0.25) is 4.79 Å². The average molecular weight is 511 g/mol. The van der Waals surface area contributed by atoms with Gasteiger partial charge in [-0.1, -0.05) is 23.7 Å². The Bertz CT molecular complexity index is 1100. The number of nitrogens with zero attached hydrogens (tertiary/aromatic N) is 4. The van der Waals surface area contributed by atoms with Crippen LogP contribution in [-0.4, -0.2) is 72.1 Å². The van der Waals surface area contributed by atoms with Gasteiger partial charge in [-0.2, -0.15) is 0 Å². The smallest absolute Gasteiger partial charge is 0.209 e. The minimum atomic E-state index is -0.748. The Hall–Kier alpha value is -3.07. The minimum absolute atomic E-state index is 0.171. The number of aryl methyl sites for hydroxylation is 1. The number of ether oxygens (including phenoxy) is 3. The highest BCUT2D eigenvalue weighted by molar-refractivity contribution is 6.30. The standard InChI is InChI=1S/C27H31ClN4O4/c28-23-3-1-22(2-4-23)9-10-27(19-31-12-11-29-20-31)35-18-26(36-27)17-34-25-7-5-24(6-8-25)32-15-13-30(21-33)14-16-32/h1-8,11-12,20-21,26H,9-10,13-19H2. The van der Waals surface area contributed by atoms with E-state index < -0.39 is 5.79 Å². The highest BCUT2D eigenvalue weighted by Gasteiger charge is 2.42. The lowest BCUT2D eigenvalue weighted by Gasteiger charge is -2.34. The third kappa shape index (κ3) is 6.19. The van der Waals surface area contributed by atoms with Gasteiger partial charge in [0, 0.05) is 55.7 Å². The first kappa shape index (κ1) is 24.6. The van der Waals surface area contributed by atoms with E-state index >= 15 is 0 Å². The molecule has 5 rings (SSSR count). The van der Waals surface area contributed by atoms with E-state index in [2.05, 4.69) is 22.0 Å². The van der Waals surface area contributed by atoms with Crippen LogP contribution in [0.1, 0.15) is 12.0 Å². The Labute approximate surface area is 216 Å². The molecule has 2 unspecified atom stereocenters. The maximum absolute atomic E-state index is 10.9. The molecule has 2 aliphatic rings. The maximum atomic E-state index is 10.9. The van der Waals surface area contributed by atoms with Crippen molar-refractivity contribution in [2.45, 2.75) is 31.3 Å². The van der Waals surface area contributed by atoms with Gasteiger partial charge in [0.1, 0.15) is 18.5 Å². The van der Waals surface area contributed by atoms with E-state index in [1.54, 1.807) is 17.4 Å². The molecule has 0 bridgehead atoms. The van der Waals surface area contributed by atoms with E-state index in [9.17, 15) is 4.79 Å². The van der Waals surface area contributed by atoms with Crippen LogP contribution in [0.15, 0.2) is 67.3 Å². The molecule has 0 spiro atoms. The molecule has 0 saturated carbocycles. The summed E-state index contributed by atoms with van der Waals surface area (Å²) in [5, 5.41) is 0.728. The van der Waals surface area contributed by atoms with E-state index in [0.29, 0.717) is 26.2 Å². The van der Waals surface area contributed by atoms with Gasteiger partial charge in [0.25, 0.3) is 0 Å². The predicted molar refractivity (Wildman–Crippen MR) is 137 cm³/mol. The van der Waals surface area contributed by atoms with Crippen LogP contribution in [0.25, 0.3) is 0 Å². The summed E-state index contributed by atoms with van der Waals surface area (Å²) in [4.78, 5) is 19.2. The Balaban J connectivity index is 1.16. The third-order valence-electron chi connectivity index (χ3n) is 6.71. The molecule has 2 aromatic carbocycles. The molecule has 9 heteroatoms. The molecule has 0 aliphatic carbocycles. The van der Waals surface area contributed by atoms with Crippen LogP contribution in [0, 0.1) is 0 Å². The lowest BCUT2D eigenvalue weighted by molar-refractivity contribution is -0.184. The van der Waals surface area contributed by atoms with Crippen molar-refractivity contribution < 1.29 is 19.0 Å². The molecule has 1 amide bonds. The number of hydrogen-bond donors (Lipinski definition) is 0. The number of anilines is 1. The van der Waals surface area contributed by atoms with Crippen LogP contribution in [0.2, 0.25) is 5.02 Å². The summed E-state index contributed by atoms with van der Waals surface area (Å²) in [5.41, 5.74) is 2.32. The van der Waals surface area contributed by atoms with Crippen LogP contribution in [0.3, 0.4) is 0 Å². The van der Waals surface area contributed by atoms with Gasteiger partial charge in [0.05, 0.1) is 19.5 Å². The largest absolute Gasteiger partial charge is 0.491 e. The Morgan fingerprint density at radius 2 is 1.86 bits per heavy atom. The molecular formula is C27H31ClN4O4. The van der Waals surface area contributed by atoms with Crippen molar-refractivity contribution in [2.24, 2.45) is 0 Å². The lowest BCUT2D eigenvalue weighted by Crippen LogP contribution is -2.45. The summed E-state index contributed by atoms with van der Waals surface area (Å²) in [6.07, 6.45) is 7.72. The van der Waals surface area contributed by atoms with E-state index in [1.807, 2.05) is 47.2 Å². The summed E-state index contributed by atoms with van der Waals surface area (Å²) >= 11 is 6.04. The zero-order chi connectivity index (χ0) is 24.8. The van der Waals surface area contributed by atoms with Gasteiger partial charge in [0.15, 0.2) is 5.79 Å². The summed E-state index contributed by atoms with van der Waals surface area (Å²) < 4.78 is 20.8. The van der Waals surface area contributed by atoms with Crippen molar-refractivity contribution in [1.82, 2.24) is 14.5 Å². The summed E-state index contributed by atoms with van der Waals surface area (Å²) in [6.45, 7) is 4.60. The molecule has 2 aliphatic heterocycles. The quantitative estimate of drug-likeness (QED) is 0.388. The first-order valence-corrected chi connectivity index (χ1v) is 12.7. The van der Waals surface area contributed by atoms with Crippen LogP contribution in [0.5, 0.6) is 5.75 Å². The first-order valence-electron chi connectivity index (χ1n) is 12.3. The number of piperazine rings is 1. The van der Waals surface area contributed by atoms with Crippen molar-refractivity contribution in [1.29, 1.82) is 0 Å². The van der Waals surface area contributed by atoms with Gasteiger partial charge in [-0.25, -0.2) is 4.98 Å². The zero-order valence-electron chi connectivity index (χ0n) is 20.2. The summed E-state index contributed by atoms with van der Waals surface area (Å²) in [7, 11) is 0. The van der Waals surface area contributed by atoms with Crippen LogP contribution in [0.4, 0.5) is 5.69 Å². The second kappa shape index (κ2) is 11.3. The zero-order valence-corrected chi connectivity index (χ0v) is 20.9. The van der Waals surface area contributed by atoms with Crippen molar-refractivity contribution in [3.05, 3.63) is 77.8 Å². The van der Waals surface area contributed by atoms with E-state index in [-0.39, 0.29) is 6.10 Å². The fourth-order valence-electron chi connectivity index (χ4n) is 4.66. The minimum Gasteiger partial charge on any atom is -0.491 e. The van der Waals surface area contributed by atoms with Crippen molar-refractivity contribution in [2.75, 3.05) is 44.3 Å². The predicted octanol–water partition coefficient (Wildman–Crippen LogP) is 3.64. The van der Waals surface area contributed by atoms with Crippen LogP contribution >= 0.6 is 11.6 Å². The normalized spacial score (nSPS) is 22.1. The summed E-state index contributed by atoms with van der Waals surface area (Å²) in [5.74, 6) is 0.0455. The van der Waals surface area contributed by atoms with Crippen LogP contribution < -0.4 is 9.64 Å². The third-order valence-corrected chi connectivity index (χ3v) is 6.96. The van der Waals surface area contributed by atoms with Crippen molar-refractivity contribution in [3.63, 3.8) is 0 Å². The molecule has 2 atom stereocenters. The molecule has 36 heavy (non-hydrogen) atoms. The highest BCUT2D eigenvalue weighted by Crippen LogP contribution is 2.31. The van der Waals surface area contributed by atoms with Crippen LogP contribution in [-0.2, 0) is 27.2 Å². The fraction of sp³-hybridized carbons (Fsp3) is 0.407. The lowest BCUT2D eigenvalue weighted by atomic mass is 10.0. The van der Waals surface area contributed by atoms with Crippen molar-refractivity contribution in [3.8, 4) is 5.75 Å². The molecule has 0 radical (unpaired) electrons. The molecule has 2 saturated heterocycles. The second-order valence-electron chi connectivity index (χ2n) is 9.26. The number of amides is 1. The molecule has 1 aromatic heterocycles. The van der Waals surface area contributed by atoms with Crippen molar-refractivity contribution >= 4 is 23.7 Å². The topological polar surface area (TPSA) is 69.1 Å². The molecule has 3 aromatic rings. The molecule has 8 nitrogen and oxygen atoms in total. The highest BCUT2D eigenvalue weighted by atomic mass is 35.5. The number of rotatable bonds is 10. The Morgan fingerprint density at radius 3 is 2.56 bits per heavy atom. The average Bonchev–Trinajstić information content (AvgIpc) is 3.58. The number of carbonyl (C=O) groups excluding carboxylic acids is 1.